The topological polar surface area (TPSA) is 58.8 Å². The second kappa shape index (κ2) is 6.61. The highest BCUT2D eigenvalue weighted by molar-refractivity contribution is 5.95. The van der Waals surface area contributed by atoms with Gasteiger partial charge in [0.2, 0.25) is 0 Å². The molecule has 1 atom stereocenters. The number of hydrogen-bond donors (Lipinski definition) is 0. The monoisotopic (exact) mass is 341 g/mol. The van der Waals surface area contributed by atoms with Gasteiger partial charge < -0.3 is 14.1 Å². The number of carbonyl (C=O) groups excluding carboxylic acids is 1. The molecule has 0 unspecified atom stereocenters. The molecule has 1 spiro atoms. The van der Waals surface area contributed by atoms with Crippen molar-refractivity contribution in [2.24, 2.45) is 0 Å². The lowest BCUT2D eigenvalue weighted by Crippen LogP contribution is -2.64. The summed E-state index contributed by atoms with van der Waals surface area (Å²) in [4.78, 5) is 20.9. The number of pyridine rings is 1. The van der Waals surface area contributed by atoms with Crippen LogP contribution in [0.4, 0.5) is 5.69 Å². The first-order valence-corrected chi connectivity index (χ1v) is 8.79. The van der Waals surface area contributed by atoms with Crippen LogP contribution < -0.4 is 4.90 Å². The summed E-state index contributed by atoms with van der Waals surface area (Å²) in [5.74, 6) is 0.991. The minimum absolute atomic E-state index is 0.00383. The van der Waals surface area contributed by atoms with Gasteiger partial charge in [-0.15, -0.1) is 0 Å². The lowest BCUT2D eigenvalue weighted by Gasteiger charge is -2.51. The molecule has 2 fully saturated rings. The molecule has 0 aliphatic carbocycles. The Bertz CT molecular complexity index is 709. The maximum atomic E-state index is 12.5. The molecule has 4 heterocycles. The number of rotatable bonds is 3. The molecule has 2 aliphatic rings. The van der Waals surface area contributed by atoms with E-state index < -0.39 is 0 Å². The minimum Gasteiger partial charge on any atom is -0.468 e. The zero-order chi connectivity index (χ0) is 17.3. The number of aromatic nitrogens is 1. The summed E-state index contributed by atoms with van der Waals surface area (Å²) in [5, 5.41) is 0. The molecule has 6 nitrogen and oxygen atoms in total. The maximum Gasteiger partial charge on any atom is 0.253 e. The maximum absolute atomic E-state index is 12.5. The number of nitrogens with zero attached hydrogens (tertiary/aromatic N) is 3. The van der Waals surface area contributed by atoms with Crippen molar-refractivity contribution in [3.63, 3.8) is 0 Å². The number of amides is 1. The Labute approximate surface area is 147 Å². The number of likely N-dealkylation sites (tertiary alicyclic amines) is 1. The summed E-state index contributed by atoms with van der Waals surface area (Å²) < 4.78 is 11.6. The first kappa shape index (κ1) is 16.3. The van der Waals surface area contributed by atoms with E-state index in [1.54, 1.807) is 18.7 Å². The predicted molar refractivity (Wildman–Crippen MR) is 93.1 cm³/mol. The molecule has 2 aromatic rings. The molecule has 4 rings (SSSR count). The van der Waals surface area contributed by atoms with E-state index in [1.807, 2.05) is 29.2 Å². The summed E-state index contributed by atoms with van der Waals surface area (Å²) in [7, 11) is 0. The molecule has 2 saturated heterocycles. The lowest BCUT2D eigenvalue weighted by atomic mass is 9.82. The summed E-state index contributed by atoms with van der Waals surface area (Å²) >= 11 is 0. The Balaban J connectivity index is 1.48. The van der Waals surface area contributed by atoms with Crippen molar-refractivity contribution in [2.75, 3.05) is 24.6 Å². The minimum atomic E-state index is -0.288. The molecule has 1 amide bonds. The quantitative estimate of drug-likeness (QED) is 0.858. The van der Waals surface area contributed by atoms with Crippen molar-refractivity contribution >= 4 is 11.6 Å². The zero-order valence-corrected chi connectivity index (χ0v) is 14.4. The van der Waals surface area contributed by atoms with Crippen LogP contribution in [0.5, 0.6) is 0 Å². The van der Waals surface area contributed by atoms with E-state index in [1.165, 1.54) is 0 Å². The SMILES string of the molecule is C[C@@H]1N(c2cccnc2)C(=O)COC12CCN(Cc1ccco1)CC2. The smallest absolute Gasteiger partial charge is 0.253 e. The molecule has 0 saturated carbocycles. The molecule has 0 radical (unpaired) electrons. The Kier molecular flexibility index (Phi) is 4.31. The van der Waals surface area contributed by atoms with Crippen LogP contribution in [-0.4, -0.2) is 47.1 Å². The summed E-state index contributed by atoms with van der Waals surface area (Å²) in [6, 6.07) is 7.72. The van der Waals surface area contributed by atoms with Gasteiger partial charge in [-0.25, -0.2) is 0 Å². The largest absolute Gasteiger partial charge is 0.468 e. The number of anilines is 1. The number of morpholine rings is 1. The van der Waals surface area contributed by atoms with Crippen LogP contribution in [-0.2, 0) is 16.1 Å². The fourth-order valence-corrected chi connectivity index (χ4v) is 3.99. The molecule has 2 aliphatic heterocycles. The fraction of sp³-hybridized carbons (Fsp3) is 0.474. The number of furan rings is 1. The average Bonchev–Trinajstić information content (AvgIpc) is 3.15. The van der Waals surface area contributed by atoms with Gasteiger partial charge in [-0.2, -0.15) is 0 Å². The van der Waals surface area contributed by atoms with Gasteiger partial charge in [0.1, 0.15) is 12.4 Å². The van der Waals surface area contributed by atoms with Crippen LogP contribution in [0.2, 0.25) is 0 Å². The van der Waals surface area contributed by atoms with Crippen LogP contribution in [0.15, 0.2) is 47.3 Å². The molecule has 25 heavy (non-hydrogen) atoms. The molecule has 0 N–H and O–H groups in total. The van der Waals surface area contributed by atoms with E-state index in [9.17, 15) is 4.79 Å². The van der Waals surface area contributed by atoms with Gasteiger partial charge in [-0.05, 0) is 44.0 Å². The molecule has 2 aromatic heterocycles. The van der Waals surface area contributed by atoms with Gasteiger partial charge in [-0.1, -0.05) is 0 Å². The summed E-state index contributed by atoms with van der Waals surface area (Å²) in [5.41, 5.74) is 0.560. The van der Waals surface area contributed by atoms with Crippen molar-refractivity contribution in [2.45, 2.75) is 38.0 Å². The van der Waals surface area contributed by atoms with Gasteiger partial charge in [0.15, 0.2) is 0 Å². The first-order chi connectivity index (χ1) is 12.2. The molecule has 0 aromatic carbocycles. The second-order valence-electron chi connectivity index (χ2n) is 6.86. The van der Waals surface area contributed by atoms with Gasteiger partial charge in [0, 0.05) is 19.3 Å². The highest BCUT2D eigenvalue weighted by Gasteiger charge is 2.48. The zero-order valence-electron chi connectivity index (χ0n) is 14.4. The molecular weight excluding hydrogens is 318 g/mol. The van der Waals surface area contributed by atoms with Crippen molar-refractivity contribution in [1.29, 1.82) is 0 Å². The third kappa shape index (κ3) is 3.07. The van der Waals surface area contributed by atoms with Crippen LogP contribution in [0.3, 0.4) is 0 Å². The first-order valence-electron chi connectivity index (χ1n) is 8.79. The average molecular weight is 341 g/mol. The molecule has 132 valence electrons. The normalized spacial score (nSPS) is 24.0. The van der Waals surface area contributed by atoms with Gasteiger partial charge in [0.05, 0.1) is 36.3 Å². The van der Waals surface area contributed by atoms with E-state index in [0.29, 0.717) is 0 Å². The number of ether oxygens (including phenoxy) is 1. The van der Waals surface area contributed by atoms with Crippen LogP contribution >= 0.6 is 0 Å². The van der Waals surface area contributed by atoms with Crippen LogP contribution in [0, 0.1) is 0 Å². The van der Waals surface area contributed by atoms with E-state index in [-0.39, 0.29) is 24.2 Å². The Hall–Kier alpha value is -2.18. The van der Waals surface area contributed by atoms with Gasteiger partial charge in [-0.3, -0.25) is 14.7 Å². The molecular formula is C19H23N3O3. The molecule has 0 bridgehead atoms. The van der Waals surface area contributed by atoms with Crippen LogP contribution in [0.1, 0.15) is 25.5 Å². The van der Waals surface area contributed by atoms with Crippen molar-refractivity contribution in [1.82, 2.24) is 9.88 Å². The standard InChI is InChI=1S/C19H23N3O3/c1-15-19(6-9-21(10-7-19)13-17-5-3-11-24-17)25-14-18(23)22(15)16-4-2-8-20-12-16/h2-5,8,11-12,15H,6-7,9-10,13-14H2,1H3/t15-/m0/s1. The highest BCUT2D eigenvalue weighted by atomic mass is 16.5. The summed E-state index contributed by atoms with van der Waals surface area (Å²) in [6.45, 7) is 4.91. The highest BCUT2D eigenvalue weighted by Crippen LogP contribution is 2.37. The van der Waals surface area contributed by atoms with Crippen molar-refractivity contribution in [3.05, 3.63) is 48.7 Å². The van der Waals surface area contributed by atoms with E-state index in [2.05, 4.69) is 16.8 Å². The van der Waals surface area contributed by atoms with Crippen LogP contribution in [0.25, 0.3) is 0 Å². The Morgan fingerprint density at radius 1 is 1.28 bits per heavy atom. The number of hydrogen-bond acceptors (Lipinski definition) is 5. The molecule has 6 heteroatoms. The predicted octanol–water partition coefficient (Wildman–Crippen LogP) is 2.46. The third-order valence-electron chi connectivity index (χ3n) is 5.49. The van der Waals surface area contributed by atoms with E-state index in [0.717, 1.165) is 43.9 Å². The van der Waals surface area contributed by atoms with E-state index >= 15 is 0 Å². The van der Waals surface area contributed by atoms with E-state index in [4.69, 9.17) is 9.15 Å². The van der Waals surface area contributed by atoms with Gasteiger partial charge >= 0.3 is 0 Å². The second-order valence-corrected chi connectivity index (χ2v) is 6.86. The summed E-state index contributed by atoms with van der Waals surface area (Å²) in [6.07, 6.45) is 6.99. The van der Waals surface area contributed by atoms with Crippen molar-refractivity contribution in [3.8, 4) is 0 Å². The Morgan fingerprint density at radius 2 is 2.12 bits per heavy atom. The van der Waals surface area contributed by atoms with Gasteiger partial charge in [0.25, 0.3) is 5.91 Å². The van der Waals surface area contributed by atoms with Crippen molar-refractivity contribution < 1.29 is 13.9 Å². The fourth-order valence-electron chi connectivity index (χ4n) is 3.99. The lowest BCUT2D eigenvalue weighted by molar-refractivity contribution is -0.153. The number of piperidine rings is 1. The number of carbonyl (C=O) groups is 1. The third-order valence-corrected chi connectivity index (χ3v) is 5.49. The Morgan fingerprint density at radius 3 is 2.80 bits per heavy atom.